The standard InChI is InChI=1S/C9H20N2/c1-4-8-6-11(3)7-9(8)10-5-2/h8-10H,4-7H2,1-3H3. The molecule has 1 heterocycles. The van der Waals surface area contributed by atoms with Crippen molar-refractivity contribution in [3.8, 4) is 0 Å². The smallest absolute Gasteiger partial charge is 0.0235 e. The topological polar surface area (TPSA) is 15.3 Å². The molecule has 1 aliphatic heterocycles. The van der Waals surface area contributed by atoms with Gasteiger partial charge in [0.2, 0.25) is 0 Å². The van der Waals surface area contributed by atoms with Gasteiger partial charge in [0, 0.05) is 19.1 Å². The van der Waals surface area contributed by atoms with Crippen molar-refractivity contribution in [1.82, 2.24) is 10.2 Å². The van der Waals surface area contributed by atoms with Crippen LogP contribution in [0.15, 0.2) is 0 Å². The van der Waals surface area contributed by atoms with Gasteiger partial charge in [-0.2, -0.15) is 0 Å². The Hall–Kier alpha value is -0.0800. The third kappa shape index (κ3) is 2.17. The van der Waals surface area contributed by atoms with E-state index in [0.29, 0.717) is 0 Å². The van der Waals surface area contributed by atoms with Crippen molar-refractivity contribution in [3.05, 3.63) is 0 Å². The van der Waals surface area contributed by atoms with Crippen LogP contribution in [0, 0.1) is 5.92 Å². The number of hydrogen-bond donors (Lipinski definition) is 1. The van der Waals surface area contributed by atoms with Crippen LogP contribution in [0.5, 0.6) is 0 Å². The van der Waals surface area contributed by atoms with Gasteiger partial charge < -0.3 is 10.2 Å². The predicted molar refractivity (Wildman–Crippen MR) is 48.7 cm³/mol. The summed E-state index contributed by atoms with van der Waals surface area (Å²) in [5, 5.41) is 3.53. The summed E-state index contributed by atoms with van der Waals surface area (Å²) in [6, 6.07) is 0.745. The first-order valence-corrected chi connectivity index (χ1v) is 4.69. The molecule has 0 spiro atoms. The minimum Gasteiger partial charge on any atom is -0.313 e. The van der Waals surface area contributed by atoms with Crippen LogP contribution in [0.3, 0.4) is 0 Å². The number of nitrogens with zero attached hydrogens (tertiary/aromatic N) is 1. The van der Waals surface area contributed by atoms with Gasteiger partial charge in [-0.15, -0.1) is 0 Å². The average molecular weight is 156 g/mol. The van der Waals surface area contributed by atoms with E-state index in [1.807, 2.05) is 0 Å². The Morgan fingerprint density at radius 1 is 1.36 bits per heavy atom. The van der Waals surface area contributed by atoms with Gasteiger partial charge in [-0.1, -0.05) is 20.3 Å². The monoisotopic (exact) mass is 156 g/mol. The number of rotatable bonds is 3. The summed E-state index contributed by atoms with van der Waals surface area (Å²) in [5.41, 5.74) is 0. The molecule has 66 valence electrons. The highest BCUT2D eigenvalue weighted by atomic mass is 15.2. The summed E-state index contributed by atoms with van der Waals surface area (Å²) >= 11 is 0. The van der Waals surface area contributed by atoms with Gasteiger partial charge in [0.05, 0.1) is 0 Å². The fraction of sp³-hybridized carbons (Fsp3) is 1.00. The quantitative estimate of drug-likeness (QED) is 0.654. The highest BCUT2D eigenvalue weighted by Crippen LogP contribution is 2.17. The Labute approximate surface area is 70.0 Å². The van der Waals surface area contributed by atoms with Crippen molar-refractivity contribution in [1.29, 1.82) is 0 Å². The van der Waals surface area contributed by atoms with Crippen LogP contribution in [0.4, 0.5) is 0 Å². The lowest BCUT2D eigenvalue weighted by atomic mass is 10.0. The second-order valence-electron chi connectivity index (χ2n) is 3.55. The second-order valence-corrected chi connectivity index (χ2v) is 3.55. The molecule has 2 heteroatoms. The second kappa shape index (κ2) is 4.07. The van der Waals surface area contributed by atoms with Gasteiger partial charge in [-0.25, -0.2) is 0 Å². The van der Waals surface area contributed by atoms with Gasteiger partial charge in [0.25, 0.3) is 0 Å². The molecule has 1 fully saturated rings. The van der Waals surface area contributed by atoms with Crippen LogP contribution in [-0.2, 0) is 0 Å². The van der Waals surface area contributed by atoms with Crippen LogP contribution in [0.1, 0.15) is 20.3 Å². The summed E-state index contributed by atoms with van der Waals surface area (Å²) in [4.78, 5) is 2.42. The first-order valence-electron chi connectivity index (χ1n) is 4.69. The normalized spacial score (nSPS) is 33.0. The molecule has 1 aliphatic rings. The Morgan fingerprint density at radius 3 is 2.64 bits per heavy atom. The molecule has 0 aromatic rings. The van der Waals surface area contributed by atoms with Crippen molar-refractivity contribution < 1.29 is 0 Å². The Kier molecular flexibility index (Phi) is 3.34. The lowest BCUT2D eigenvalue weighted by Gasteiger charge is -2.16. The van der Waals surface area contributed by atoms with Crippen molar-refractivity contribution in [3.63, 3.8) is 0 Å². The lowest BCUT2D eigenvalue weighted by Crippen LogP contribution is -2.35. The maximum atomic E-state index is 3.53. The SMILES string of the molecule is CCNC1CN(C)CC1CC. The van der Waals surface area contributed by atoms with E-state index in [1.54, 1.807) is 0 Å². The minimum absolute atomic E-state index is 0.745. The zero-order valence-electron chi connectivity index (χ0n) is 7.93. The van der Waals surface area contributed by atoms with Crippen LogP contribution >= 0.6 is 0 Å². The molecule has 0 saturated carbocycles. The van der Waals surface area contributed by atoms with Crippen LogP contribution in [-0.4, -0.2) is 37.6 Å². The zero-order valence-corrected chi connectivity index (χ0v) is 7.93. The fourth-order valence-corrected chi connectivity index (χ4v) is 1.99. The summed E-state index contributed by atoms with van der Waals surface area (Å²) in [7, 11) is 2.21. The van der Waals surface area contributed by atoms with E-state index in [-0.39, 0.29) is 0 Å². The predicted octanol–water partition coefficient (Wildman–Crippen LogP) is 0.936. The highest BCUT2D eigenvalue weighted by Gasteiger charge is 2.27. The minimum atomic E-state index is 0.745. The van der Waals surface area contributed by atoms with Crippen molar-refractivity contribution in [2.75, 3.05) is 26.7 Å². The van der Waals surface area contributed by atoms with E-state index in [4.69, 9.17) is 0 Å². The van der Waals surface area contributed by atoms with Crippen molar-refractivity contribution >= 4 is 0 Å². The average Bonchev–Trinajstić information content (AvgIpc) is 2.32. The third-order valence-electron chi connectivity index (χ3n) is 2.61. The Morgan fingerprint density at radius 2 is 2.09 bits per heavy atom. The number of hydrogen-bond acceptors (Lipinski definition) is 2. The highest BCUT2D eigenvalue weighted by molar-refractivity contribution is 4.86. The maximum absolute atomic E-state index is 3.53. The lowest BCUT2D eigenvalue weighted by molar-refractivity contribution is 0.392. The van der Waals surface area contributed by atoms with Gasteiger partial charge in [0.1, 0.15) is 0 Å². The molecule has 2 atom stereocenters. The molecule has 1 saturated heterocycles. The van der Waals surface area contributed by atoms with E-state index in [2.05, 4.69) is 31.1 Å². The first-order chi connectivity index (χ1) is 5.27. The summed E-state index contributed by atoms with van der Waals surface area (Å²) < 4.78 is 0. The third-order valence-corrected chi connectivity index (χ3v) is 2.61. The zero-order chi connectivity index (χ0) is 8.27. The van der Waals surface area contributed by atoms with Crippen molar-refractivity contribution in [2.24, 2.45) is 5.92 Å². The molecule has 2 unspecified atom stereocenters. The molecule has 0 bridgehead atoms. The molecular weight excluding hydrogens is 136 g/mol. The number of likely N-dealkylation sites (tertiary alicyclic amines) is 1. The first kappa shape index (κ1) is 9.01. The molecule has 0 aliphatic carbocycles. The summed E-state index contributed by atoms with van der Waals surface area (Å²) in [5.74, 6) is 0.875. The molecule has 0 radical (unpaired) electrons. The van der Waals surface area contributed by atoms with Gasteiger partial charge >= 0.3 is 0 Å². The van der Waals surface area contributed by atoms with Gasteiger partial charge in [-0.05, 0) is 19.5 Å². The van der Waals surface area contributed by atoms with Crippen molar-refractivity contribution in [2.45, 2.75) is 26.3 Å². The van der Waals surface area contributed by atoms with E-state index >= 15 is 0 Å². The van der Waals surface area contributed by atoms with E-state index in [0.717, 1.165) is 18.5 Å². The van der Waals surface area contributed by atoms with Crippen LogP contribution in [0.2, 0.25) is 0 Å². The van der Waals surface area contributed by atoms with E-state index < -0.39 is 0 Å². The largest absolute Gasteiger partial charge is 0.313 e. The number of nitrogens with one attached hydrogen (secondary N) is 1. The molecule has 0 aromatic carbocycles. The van der Waals surface area contributed by atoms with E-state index in [9.17, 15) is 0 Å². The van der Waals surface area contributed by atoms with Crippen LogP contribution in [0.25, 0.3) is 0 Å². The van der Waals surface area contributed by atoms with Crippen LogP contribution < -0.4 is 5.32 Å². The van der Waals surface area contributed by atoms with E-state index in [1.165, 1.54) is 19.5 Å². The fourth-order valence-electron chi connectivity index (χ4n) is 1.99. The Bertz CT molecular complexity index is 114. The Balaban J connectivity index is 2.37. The molecule has 1 N–H and O–H groups in total. The molecule has 2 nitrogen and oxygen atoms in total. The molecule has 11 heavy (non-hydrogen) atoms. The molecule has 0 aromatic heterocycles. The summed E-state index contributed by atoms with van der Waals surface area (Å²) in [6.45, 7) is 8.08. The van der Waals surface area contributed by atoms with Gasteiger partial charge in [-0.3, -0.25) is 0 Å². The molecular formula is C9H20N2. The summed E-state index contributed by atoms with van der Waals surface area (Å²) in [6.07, 6.45) is 1.31. The number of likely N-dealkylation sites (N-methyl/N-ethyl adjacent to an activating group) is 2. The molecule has 0 amide bonds. The molecule has 1 rings (SSSR count). The van der Waals surface area contributed by atoms with Gasteiger partial charge in [0.15, 0.2) is 0 Å². The maximum Gasteiger partial charge on any atom is 0.0235 e.